The summed E-state index contributed by atoms with van der Waals surface area (Å²) in [5.74, 6) is 0. The second kappa shape index (κ2) is 4.81. The van der Waals surface area contributed by atoms with Crippen LogP contribution in [0.2, 0.25) is 0 Å². The third-order valence-electron chi connectivity index (χ3n) is 4.07. The summed E-state index contributed by atoms with van der Waals surface area (Å²) in [6.07, 6.45) is 3.93. The fourth-order valence-corrected chi connectivity index (χ4v) is 2.44. The Hall–Kier alpha value is -1.22. The van der Waals surface area contributed by atoms with E-state index in [1.54, 1.807) is 0 Å². The van der Waals surface area contributed by atoms with Gasteiger partial charge in [0, 0.05) is 17.9 Å². The van der Waals surface area contributed by atoms with E-state index in [1.807, 2.05) is 24.3 Å². The van der Waals surface area contributed by atoms with E-state index in [0.29, 0.717) is 12.0 Å². The van der Waals surface area contributed by atoms with Crippen LogP contribution in [0.25, 0.3) is 0 Å². The molecule has 1 fully saturated rings. The minimum absolute atomic E-state index is 0.382. The Morgan fingerprint density at radius 3 is 2.22 bits per heavy atom. The van der Waals surface area contributed by atoms with Crippen LogP contribution in [0, 0.1) is 5.41 Å². The molecule has 0 unspecified atom stereocenters. The van der Waals surface area contributed by atoms with Gasteiger partial charge in [0.1, 0.15) is 0 Å². The quantitative estimate of drug-likeness (QED) is 0.721. The third kappa shape index (κ3) is 3.39. The Kier molecular flexibility index (Phi) is 3.53. The summed E-state index contributed by atoms with van der Waals surface area (Å²) < 4.78 is 0. The molecular weight excluding hydrogens is 224 g/mol. The fraction of sp³-hybridized carbons (Fsp3) is 0.600. The van der Waals surface area contributed by atoms with Crippen LogP contribution < -0.4 is 11.1 Å². The number of benzene rings is 1. The van der Waals surface area contributed by atoms with Crippen molar-refractivity contribution in [2.75, 3.05) is 17.6 Å². The molecular formula is C15H24N2O. The van der Waals surface area contributed by atoms with Gasteiger partial charge in [-0.2, -0.15) is 0 Å². The van der Waals surface area contributed by atoms with Crippen LogP contribution in [0.4, 0.5) is 11.4 Å². The number of nitrogens with one attached hydrogen (secondary N) is 1. The van der Waals surface area contributed by atoms with Crippen LogP contribution in [0.3, 0.4) is 0 Å². The van der Waals surface area contributed by atoms with Gasteiger partial charge in [-0.1, -0.05) is 13.8 Å². The van der Waals surface area contributed by atoms with Crippen LogP contribution in [0.5, 0.6) is 0 Å². The molecule has 0 radical (unpaired) electrons. The monoisotopic (exact) mass is 248 g/mol. The first-order valence-electron chi connectivity index (χ1n) is 6.70. The highest BCUT2D eigenvalue weighted by molar-refractivity contribution is 5.51. The van der Waals surface area contributed by atoms with Gasteiger partial charge < -0.3 is 16.2 Å². The molecule has 1 aliphatic carbocycles. The first kappa shape index (κ1) is 13.2. The van der Waals surface area contributed by atoms with Crippen LogP contribution in [0.1, 0.15) is 39.5 Å². The predicted molar refractivity (Wildman–Crippen MR) is 76.5 cm³/mol. The Labute approximate surface area is 109 Å². The van der Waals surface area contributed by atoms with E-state index in [2.05, 4.69) is 19.2 Å². The van der Waals surface area contributed by atoms with E-state index < -0.39 is 5.60 Å². The molecule has 0 heterocycles. The molecule has 0 bridgehead atoms. The van der Waals surface area contributed by atoms with Crippen molar-refractivity contribution in [1.82, 2.24) is 0 Å². The van der Waals surface area contributed by atoms with Gasteiger partial charge in [-0.05, 0) is 55.4 Å². The van der Waals surface area contributed by atoms with Crippen molar-refractivity contribution >= 4 is 11.4 Å². The SMILES string of the molecule is CC1(C)CCC(O)(CNc2ccc(N)cc2)CC1. The molecule has 3 heteroatoms. The number of aliphatic hydroxyl groups is 1. The topological polar surface area (TPSA) is 58.3 Å². The van der Waals surface area contributed by atoms with Gasteiger partial charge in [0.05, 0.1) is 5.60 Å². The van der Waals surface area contributed by atoms with E-state index in [9.17, 15) is 5.11 Å². The van der Waals surface area contributed by atoms with E-state index in [4.69, 9.17) is 5.73 Å². The number of rotatable bonds is 3. The maximum atomic E-state index is 10.5. The molecule has 4 N–H and O–H groups in total. The Morgan fingerprint density at radius 1 is 1.11 bits per heavy atom. The number of anilines is 2. The second-order valence-electron chi connectivity index (χ2n) is 6.36. The van der Waals surface area contributed by atoms with Crippen molar-refractivity contribution in [3.8, 4) is 0 Å². The predicted octanol–water partition coefficient (Wildman–Crippen LogP) is 3.01. The zero-order valence-electron chi connectivity index (χ0n) is 11.4. The fourth-order valence-electron chi connectivity index (χ4n) is 2.44. The third-order valence-corrected chi connectivity index (χ3v) is 4.07. The van der Waals surface area contributed by atoms with Crippen molar-refractivity contribution < 1.29 is 5.11 Å². The van der Waals surface area contributed by atoms with E-state index in [-0.39, 0.29) is 0 Å². The summed E-state index contributed by atoms with van der Waals surface area (Å²) in [7, 11) is 0. The largest absolute Gasteiger partial charge is 0.399 e. The maximum Gasteiger partial charge on any atom is 0.0819 e. The minimum atomic E-state index is -0.559. The van der Waals surface area contributed by atoms with Gasteiger partial charge in [0.2, 0.25) is 0 Å². The Morgan fingerprint density at radius 2 is 1.67 bits per heavy atom. The average Bonchev–Trinajstić information content (AvgIpc) is 2.33. The summed E-state index contributed by atoms with van der Waals surface area (Å²) in [5.41, 5.74) is 7.25. The lowest BCUT2D eigenvalue weighted by Gasteiger charge is -2.40. The molecule has 1 aromatic carbocycles. The Balaban J connectivity index is 1.88. The standard InChI is InChI=1S/C15H24N2O/c1-14(2)7-9-15(18,10-8-14)11-17-13-5-3-12(16)4-6-13/h3-6,17-18H,7-11,16H2,1-2H3. The van der Waals surface area contributed by atoms with Crippen LogP contribution in [-0.4, -0.2) is 17.3 Å². The molecule has 0 aliphatic heterocycles. The highest BCUT2D eigenvalue weighted by atomic mass is 16.3. The van der Waals surface area contributed by atoms with Crippen molar-refractivity contribution in [2.45, 2.75) is 45.1 Å². The zero-order valence-corrected chi connectivity index (χ0v) is 11.4. The van der Waals surface area contributed by atoms with Crippen LogP contribution in [-0.2, 0) is 0 Å². The maximum absolute atomic E-state index is 10.5. The molecule has 0 spiro atoms. The smallest absolute Gasteiger partial charge is 0.0819 e. The summed E-state index contributed by atoms with van der Waals surface area (Å²) in [6, 6.07) is 7.64. The van der Waals surface area contributed by atoms with Crippen LogP contribution >= 0.6 is 0 Å². The molecule has 0 saturated heterocycles. The molecule has 1 saturated carbocycles. The molecule has 0 aromatic heterocycles. The molecule has 18 heavy (non-hydrogen) atoms. The van der Waals surface area contributed by atoms with E-state index >= 15 is 0 Å². The van der Waals surface area contributed by atoms with E-state index in [0.717, 1.165) is 37.1 Å². The second-order valence-corrected chi connectivity index (χ2v) is 6.36. The molecule has 1 aromatic rings. The normalized spacial score (nSPS) is 21.5. The molecule has 1 aliphatic rings. The van der Waals surface area contributed by atoms with Gasteiger partial charge >= 0.3 is 0 Å². The first-order valence-corrected chi connectivity index (χ1v) is 6.70. The van der Waals surface area contributed by atoms with Crippen molar-refractivity contribution in [3.05, 3.63) is 24.3 Å². The van der Waals surface area contributed by atoms with Gasteiger partial charge in [0.15, 0.2) is 0 Å². The highest BCUT2D eigenvalue weighted by Gasteiger charge is 2.36. The Bertz CT molecular complexity index is 387. The van der Waals surface area contributed by atoms with Gasteiger partial charge in [0.25, 0.3) is 0 Å². The molecule has 100 valence electrons. The van der Waals surface area contributed by atoms with Crippen molar-refractivity contribution in [3.63, 3.8) is 0 Å². The number of nitrogens with two attached hydrogens (primary N) is 1. The summed E-state index contributed by atoms with van der Waals surface area (Å²) in [4.78, 5) is 0. The number of nitrogen functional groups attached to an aromatic ring is 1. The minimum Gasteiger partial charge on any atom is -0.399 e. The lowest BCUT2D eigenvalue weighted by atomic mass is 9.71. The highest BCUT2D eigenvalue weighted by Crippen LogP contribution is 2.40. The summed E-state index contributed by atoms with van der Waals surface area (Å²) in [5, 5.41) is 13.8. The zero-order chi connectivity index (χ0) is 13.2. The first-order chi connectivity index (χ1) is 8.39. The lowest BCUT2D eigenvalue weighted by Crippen LogP contribution is -2.42. The summed E-state index contributed by atoms with van der Waals surface area (Å²) >= 11 is 0. The summed E-state index contributed by atoms with van der Waals surface area (Å²) in [6.45, 7) is 5.17. The molecule has 0 amide bonds. The molecule has 3 nitrogen and oxygen atoms in total. The van der Waals surface area contributed by atoms with Gasteiger partial charge in [-0.3, -0.25) is 0 Å². The van der Waals surface area contributed by atoms with Crippen LogP contribution in [0.15, 0.2) is 24.3 Å². The molecule has 2 rings (SSSR count). The van der Waals surface area contributed by atoms with Gasteiger partial charge in [-0.15, -0.1) is 0 Å². The number of hydrogen-bond acceptors (Lipinski definition) is 3. The van der Waals surface area contributed by atoms with Crippen molar-refractivity contribution in [2.24, 2.45) is 5.41 Å². The van der Waals surface area contributed by atoms with Crippen molar-refractivity contribution in [1.29, 1.82) is 0 Å². The molecule has 0 atom stereocenters. The average molecular weight is 248 g/mol. The van der Waals surface area contributed by atoms with Gasteiger partial charge in [-0.25, -0.2) is 0 Å². The number of hydrogen-bond donors (Lipinski definition) is 3. The lowest BCUT2D eigenvalue weighted by molar-refractivity contribution is -0.0145. The van der Waals surface area contributed by atoms with E-state index in [1.165, 1.54) is 0 Å².